The molecule has 1 aliphatic heterocycles. The van der Waals surface area contributed by atoms with Crippen LogP contribution in [0.4, 0.5) is 8.78 Å². The van der Waals surface area contributed by atoms with Crippen molar-refractivity contribution in [1.29, 1.82) is 0 Å². The Balaban J connectivity index is 1.74. The Bertz CT molecular complexity index is 1430. The Morgan fingerprint density at radius 3 is 2.90 bits per heavy atom. The van der Waals surface area contributed by atoms with Gasteiger partial charge in [-0.25, -0.2) is 24.6 Å². The SMILES string of the molecule is C=N/C=C(OC)\C(=C/CC(F)F)c1cc(-n2cccc(Cl)c2=O)ncc1C(=O)NC1NNC(C#CC2CC2)S1. The Morgan fingerprint density at radius 2 is 2.21 bits per heavy atom. The number of pyridine rings is 2. The van der Waals surface area contributed by atoms with Crippen LogP contribution in [0.2, 0.25) is 5.02 Å². The van der Waals surface area contributed by atoms with Gasteiger partial charge in [0.1, 0.15) is 27.5 Å². The molecule has 0 spiro atoms. The monoisotopic (exact) mass is 574 g/mol. The predicted molar refractivity (Wildman–Crippen MR) is 147 cm³/mol. The smallest absolute Gasteiger partial charge is 0.275 e. The molecule has 204 valence electrons. The van der Waals surface area contributed by atoms with Gasteiger partial charge in [0, 0.05) is 35.9 Å². The van der Waals surface area contributed by atoms with E-state index in [1.807, 2.05) is 0 Å². The van der Waals surface area contributed by atoms with Gasteiger partial charge >= 0.3 is 0 Å². The largest absolute Gasteiger partial charge is 0.495 e. The van der Waals surface area contributed by atoms with Crippen LogP contribution in [-0.2, 0) is 4.74 Å². The van der Waals surface area contributed by atoms with E-state index in [4.69, 9.17) is 16.3 Å². The molecule has 4 rings (SSSR count). The molecule has 9 nitrogen and oxygen atoms in total. The number of halogens is 3. The number of nitrogens with one attached hydrogen (secondary N) is 3. The fraction of sp³-hybridized carbons (Fsp3) is 0.308. The molecule has 2 aliphatic rings. The van der Waals surface area contributed by atoms with E-state index in [0.717, 1.165) is 12.8 Å². The van der Waals surface area contributed by atoms with Crippen LogP contribution in [0.3, 0.4) is 0 Å². The first-order valence-corrected chi connectivity index (χ1v) is 13.2. The minimum atomic E-state index is -2.66. The summed E-state index contributed by atoms with van der Waals surface area (Å²) in [6.07, 6.45) is 4.10. The third-order valence-corrected chi connectivity index (χ3v) is 6.95. The van der Waals surface area contributed by atoms with Crippen molar-refractivity contribution in [1.82, 2.24) is 25.7 Å². The van der Waals surface area contributed by atoms with Crippen LogP contribution in [0.1, 0.15) is 35.2 Å². The maximum atomic E-state index is 13.5. The van der Waals surface area contributed by atoms with E-state index in [9.17, 15) is 18.4 Å². The zero-order valence-electron chi connectivity index (χ0n) is 20.8. The number of allylic oxidation sites excluding steroid dienone is 2. The van der Waals surface area contributed by atoms with Crippen LogP contribution in [0, 0.1) is 17.8 Å². The molecule has 3 N–H and O–H groups in total. The Kier molecular flexibility index (Phi) is 9.53. The number of carbonyl (C=O) groups excluding carboxylic acids is 1. The van der Waals surface area contributed by atoms with Gasteiger partial charge in [0.15, 0.2) is 0 Å². The van der Waals surface area contributed by atoms with Crippen molar-refractivity contribution in [2.45, 2.75) is 36.6 Å². The van der Waals surface area contributed by atoms with E-state index in [1.165, 1.54) is 60.2 Å². The summed E-state index contributed by atoms with van der Waals surface area (Å²) in [5.74, 6) is 6.39. The van der Waals surface area contributed by atoms with Gasteiger partial charge < -0.3 is 10.1 Å². The molecule has 1 aliphatic carbocycles. The van der Waals surface area contributed by atoms with Gasteiger partial charge in [0.25, 0.3) is 11.5 Å². The van der Waals surface area contributed by atoms with Crippen molar-refractivity contribution >= 4 is 41.6 Å². The molecule has 0 bridgehead atoms. The zero-order valence-corrected chi connectivity index (χ0v) is 22.4. The molecule has 2 unspecified atom stereocenters. The van der Waals surface area contributed by atoms with E-state index in [2.05, 4.69) is 44.7 Å². The molecule has 3 heterocycles. The summed E-state index contributed by atoms with van der Waals surface area (Å²) in [4.78, 5) is 34.1. The number of ether oxygens (including phenoxy) is 1. The minimum Gasteiger partial charge on any atom is -0.495 e. The summed E-state index contributed by atoms with van der Waals surface area (Å²) < 4.78 is 33.1. The second-order valence-electron chi connectivity index (χ2n) is 8.47. The number of alkyl halides is 2. The summed E-state index contributed by atoms with van der Waals surface area (Å²) in [6, 6.07) is 4.42. The van der Waals surface area contributed by atoms with Crippen LogP contribution >= 0.6 is 23.4 Å². The van der Waals surface area contributed by atoms with Gasteiger partial charge in [-0.2, -0.15) is 0 Å². The van der Waals surface area contributed by atoms with Gasteiger partial charge in [0.05, 0.1) is 18.9 Å². The highest BCUT2D eigenvalue weighted by atomic mass is 35.5. The summed E-state index contributed by atoms with van der Waals surface area (Å²) >= 11 is 7.38. The highest BCUT2D eigenvalue weighted by Gasteiger charge is 2.28. The first-order valence-electron chi connectivity index (χ1n) is 11.9. The standard InChI is InChI=1S/C26H25ClF2N6O3S/c1-30-14-20(38-2)16(8-9-21(28)29)17-12-22(35-11-3-4-19(27)25(35)37)31-13-18(17)24(36)32-26-34-33-23(39-26)10-7-15-5-6-15/h3-4,8,11-15,21,23,26,33-34H,1,5-6,9H2,2H3,(H,32,36)/b16-8-,20-14+. The molecular formula is C26H25ClF2N6O3S. The number of aliphatic imine (C=N–C) groups is 1. The highest BCUT2D eigenvalue weighted by molar-refractivity contribution is 8.00. The van der Waals surface area contributed by atoms with E-state index in [0.29, 0.717) is 5.92 Å². The van der Waals surface area contributed by atoms with Gasteiger partial charge in [-0.3, -0.25) is 19.1 Å². The third kappa shape index (κ3) is 7.33. The number of hydrogen-bond donors (Lipinski definition) is 3. The van der Waals surface area contributed by atoms with Crippen molar-refractivity contribution in [3.05, 3.63) is 75.1 Å². The number of carbonyl (C=O) groups is 1. The second-order valence-corrected chi connectivity index (χ2v) is 10.1. The fourth-order valence-electron chi connectivity index (χ4n) is 3.61. The summed E-state index contributed by atoms with van der Waals surface area (Å²) in [5.41, 5.74) is 5.30. The van der Waals surface area contributed by atoms with Crippen molar-refractivity contribution in [2.24, 2.45) is 10.9 Å². The van der Waals surface area contributed by atoms with Gasteiger partial charge in [-0.1, -0.05) is 41.3 Å². The maximum absolute atomic E-state index is 13.5. The molecule has 0 radical (unpaired) electrons. The van der Waals surface area contributed by atoms with Crippen molar-refractivity contribution in [3.8, 4) is 17.7 Å². The van der Waals surface area contributed by atoms with E-state index in [1.54, 1.807) is 6.07 Å². The number of methoxy groups -OCH3 is 1. The molecule has 13 heteroatoms. The van der Waals surface area contributed by atoms with Crippen LogP contribution in [0.25, 0.3) is 11.4 Å². The van der Waals surface area contributed by atoms with Crippen molar-refractivity contribution in [3.63, 3.8) is 0 Å². The lowest BCUT2D eigenvalue weighted by molar-refractivity contribution is 0.0944. The number of amides is 1. The van der Waals surface area contributed by atoms with Crippen molar-refractivity contribution in [2.75, 3.05) is 7.11 Å². The molecule has 39 heavy (non-hydrogen) atoms. The van der Waals surface area contributed by atoms with E-state index in [-0.39, 0.29) is 38.7 Å². The molecule has 2 atom stereocenters. The van der Waals surface area contributed by atoms with Gasteiger partial charge in [-0.15, -0.1) is 0 Å². The van der Waals surface area contributed by atoms with E-state index < -0.39 is 29.8 Å². The van der Waals surface area contributed by atoms with Crippen LogP contribution in [-0.4, -0.2) is 46.6 Å². The first kappa shape index (κ1) is 28.5. The molecule has 1 saturated heterocycles. The summed E-state index contributed by atoms with van der Waals surface area (Å²) in [6.45, 7) is 3.41. The minimum absolute atomic E-state index is 0.0411. The molecule has 1 saturated carbocycles. The first-order chi connectivity index (χ1) is 18.8. The average molecular weight is 575 g/mol. The van der Waals surface area contributed by atoms with Gasteiger partial charge in [0.2, 0.25) is 6.43 Å². The highest BCUT2D eigenvalue weighted by Crippen LogP contribution is 2.30. The molecule has 2 aromatic rings. The van der Waals surface area contributed by atoms with Gasteiger partial charge in [-0.05, 0) is 37.8 Å². The Labute approximate surface area is 232 Å². The van der Waals surface area contributed by atoms with Crippen LogP contribution in [0.5, 0.6) is 0 Å². The molecule has 2 fully saturated rings. The Hall–Kier alpha value is -3.50. The Morgan fingerprint density at radius 1 is 1.41 bits per heavy atom. The number of thioether (sulfide) groups is 1. The number of rotatable bonds is 9. The van der Waals surface area contributed by atoms with Crippen LogP contribution < -0.4 is 21.7 Å². The topological polar surface area (TPSA) is 110 Å². The number of nitrogens with zero attached hydrogens (tertiary/aromatic N) is 3. The quantitative estimate of drug-likeness (QED) is 0.181. The molecule has 2 aromatic heterocycles. The maximum Gasteiger partial charge on any atom is 0.275 e. The lowest BCUT2D eigenvalue weighted by Crippen LogP contribution is -2.43. The number of aromatic nitrogens is 2. The average Bonchev–Trinajstić information content (AvgIpc) is 3.65. The van der Waals surface area contributed by atoms with E-state index >= 15 is 0 Å². The molecule has 0 aromatic carbocycles. The van der Waals surface area contributed by atoms with Crippen molar-refractivity contribution < 1.29 is 18.3 Å². The second kappa shape index (κ2) is 13.0. The lowest BCUT2D eigenvalue weighted by atomic mass is 9.98. The predicted octanol–water partition coefficient (Wildman–Crippen LogP) is 3.71. The summed E-state index contributed by atoms with van der Waals surface area (Å²) in [5, 5.41) is 2.58. The fourth-order valence-corrected chi connectivity index (χ4v) is 4.63. The molecular weight excluding hydrogens is 550 g/mol. The number of hydrogen-bond acceptors (Lipinski definition) is 8. The zero-order chi connectivity index (χ0) is 27.9. The molecule has 1 amide bonds. The third-order valence-electron chi connectivity index (χ3n) is 5.64. The lowest BCUT2D eigenvalue weighted by Gasteiger charge is -2.18. The number of hydrazine groups is 1. The summed E-state index contributed by atoms with van der Waals surface area (Å²) in [7, 11) is 1.34. The normalized spacial score (nSPS) is 19.4. The van der Waals surface area contributed by atoms with Crippen LogP contribution in [0.15, 0.2) is 58.4 Å².